The first-order chi connectivity index (χ1) is 17.8. The van der Waals surface area contributed by atoms with Crippen LogP contribution in [0.3, 0.4) is 0 Å². The molecule has 4 rings (SSSR count). The Hall–Kier alpha value is -3.30. The van der Waals surface area contributed by atoms with E-state index in [9.17, 15) is 22.0 Å². The molecular weight excluding hydrogens is 512 g/mol. The molecule has 0 aromatic heterocycles. The summed E-state index contributed by atoms with van der Waals surface area (Å²) in [6.07, 6.45) is 0.320. The van der Waals surface area contributed by atoms with Crippen molar-refractivity contribution in [3.8, 4) is 5.75 Å². The van der Waals surface area contributed by atoms with Crippen LogP contribution in [0, 0.1) is 17.6 Å². The van der Waals surface area contributed by atoms with E-state index in [0.717, 1.165) is 0 Å². The summed E-state index contributed by atoms with van der Waals surface area (Å²) in [5.74, 6) is -1.49. The monoisotopic (exact) mass is 543 g/mol. The number of carbonyl (C=O) groups is 1. The second kappa shape index (κ2) is 10.5. The number of ether oxygens (including phenoxy) is 2. The van der Waals surface area contributed by atoms with Crippen molar-refractivity contribution in [2.75, 3.05) is 13.1 Å². The average molecular weight is 544 g/mol. The molecule has 6 nitrogen and oxygen atoms in total. The van der Waals surface area contributed by atoms with E-state index in [-0.39, 0.29) is 29.7 Å². The standard InChI is InChI=1S/C29H31F2NO5S/c1-20(27(33)37-28(2,3)4)15-21-7-5-10-26(16-21)38(34,35)32-18-29(19-32,22-11-13-23(30)14-12-22)36-25-9-6-8-24(31)17-25/h5-14,16-17,20H,15,18-19H2,1-4H3/t20-/m0/s1. The average Bonchev–Trinajstić information content (AvgIpc) is 2.81. The van der Waals surface area contributed by atoms with E-state index in [1.165, 1.54) is 52.8 Å². The van der Waals surface area contributed by atoms with Crippen LogP contribution in [0.25, 0.3) is 0 Å². The lowest BCUT2D eigenvalue weighted by atomic mass is 9.87. The van der Waals surface area contributed by atoms with Crippen molar-refractivity contribution in [2.45, 2.75) is 50.2 Å². The first kappa shape index (κ1) is 27.7. The van der Waals surface area contributed by atoms with Gasteiger partial charge in [0.25, 0.3) is 0 Å². The molecule has 0 saturated carbocycles. The molecule has 0 N–H and O–H groups in total. The summed E-state index contributed by atoms with van der Waals surface area (Å²) >= 11 is 0. The summed E-state index contributed by atoms with van der Waals surface area (Å²) in [6.45, 7) is 7.03. The van der Waals surface area contributed by atoms with Gasteiger partial charge in [-0.15, -0.1) is 0 Å². The van der Waals surface area contributed by atoms with Crippen LogP contribution in [0.4, 0.5) is 8.78 Å². The molecule has 1 aliphatic rings. The molecule has 202 valence electrons. The Balaban J connectivity index is 1.54. The van der Waals surface area contributed by atoms with Crippen molar-refractivity contribution in [3.05, 3.63) is 95.6 Å². The van der Waals surface area contributed by atoms with Crippen molar-refractivity contribution in [3.63, 3.8) is 0 Å². The van der Waals surface area contributed by atoms with Crippen molar-refractivity contribution < 1.29 is 31.5 Å². The fourth-order valence-corrected chi connectivity index (χ4v) is 5.94. The Bertz CT molecular complexity index is 1410. The van der Waals surface area contributed by atoms with Crippen molar-refractivity contribution in [1.82, 2.24) is 4.31 Å². The number of sulfonamides is 1. The van der Waals surface area contributed by atoms with Crippen LogP contribution >= 0.6 is 0 Å². The van der Waals surface area contributed by atoms with Gasteiger partial charge in [-0.3, -0.25) is 4.79 Å². The summed E-state index contributed by atoms with van der Waals surface area (Å²) < 4.78 is 67.3. The zero-order valence-electron chi connectivity index (χ0n) is 21.8. The van der Waals surface area contributed by atoms with Crippen LogP contribution in [0.1, 0.15) is 38.8 Å². The molecule has 0 aliphatic carbocycles. The molecule has 1 atom stereocenters. The second-order valence-corrected chi connectivity index (χ2v) is 12.6. The van der Waals surface area contributed by atoms with Gasteiger partial charge in [0.15, 0.2) is 5.60 Å². The van der Waals surface area contributed by atoms with E-state index in [2.05, 4.69) is 0 Å². The van der Waals surface area contributed by atoms with Gasteiger partial charge < -0.3 is 9.47 Å². The van der Waals surface area contributed by atoms with E-state index >= 15 is 0 Å². The maximum absolute atomic E-state index is 13.8. The number of nitrogens with zero attached hydrogens (tertiary/aromatic N) is 1. The minimum absolute atomic E-state index is 0.0456. The number of carbonyl (C=O) groups excluding carboxylic acids is 1. The Morgan fingerprint density at radius 2 is 1.63 bits per heavy atom. The van der Waals surface area contributed by atoms with Crippen LogP contribution in [0.2, 0.25) is 0 Å². The molecule has 9 heteroatoms. The highest BCUT2D eigenvalue weighted by Gasteiger charge is 2.52. The minimum atomic E-state index is -3.91. The molecule has 1 saturated heterocycles. The Kier molecular flexibility index (Phi) is 7.63. The van der Waals surface area contributed by atoms with Gasteiger partial charge in [0, 0.05) is 6.07 Å². The molecule has 0 spiro atoms. The lowest BCUT2D eigenvalue weighted by Crippen LogP contribution is -2.64. The predicted octanol–water partition coefficient (Wildman–Crippen LogP) is 5.46. The van der Waals surface area contributed by atoms with Crippen LogP contribution in [0.5, 0.6) is 5.75 Å². The van der Waals surface area contributed by atoms with Crippen LogP contribution in [0.15, 0.2) is 77.7 Å². The van der Waals surface area contributed by atoms with Crippen molar-refractivity contribution in [2.24, 2.45) is 5.92 Å². The lowest BCUT2D eigenvalue weighted by molar-refractivity contribution is -0.159. The summed E-state index contributed by atoms with van der Waals surface area (Å²) in [7, 11) is -3.91. The van der Waals surface area contributed by atoms with Gasteiger partial charge in [-0.05, 0) is 74.7 Å². The third kappa shape index (κ3) is 6.22. The third-order valence-electron chi connectivity index (χ3n) is 6.23. The molecule has 0 unspecified atom stereocenters. The molecule has 1 heterocycles. The maximum Gasteiger partial charge on any atom is 0.309 e. The predicted molar refractivity (Wildman–Crippen MR) is 139 cm³/mol. The summed E-state index contributed by atoms with van der Waals surface area (Å²) in [5, 5.41) is 0. The molecule has 1 aliphatic heterocycles. The van der Waals surface area contributed by atoms with Crippen LogP contribution < -0.4 is 4.74 Å². The zero-order chi connectivity index (χ0) is 27.7. The highest BCUT2D eigenvalue weighted by molar-refractivity contribution is 7.89. The summed E-state index contributed by atoms with van der Waals surface area (Å²) in [5.41, 5.74) is -0.462. The first-order valence-electron chi connectivity index (χ1n) is 12.3. The highest BCUT2D eigenvalue weighted by Crippen LogP contribution is 2.40. The smallest absolute Gasteiger partial charge is 0.309 e. The molecule has 3 aromatic rings. The number of esters is 1. The third-order valence-corrected chi connectivity index (χ3v) is 8.02. The van der Waals surface area contributed by atoms with Gasteiger partial charge in [0.2, 0.25) is 10.0 Å². The SMILES string of the molecule is C[C@@H](Cc1cccc(S(=O)(=O)N2CC(Oc3cccc(F)c3)(c3ccc(F)cc3)C2)c1)C(=O)OC(C)(C)C. The lowest BCUT2D eigenvalue weighted by Gasteiger charge is -2.48. The largest absolute Gasteiger partial charge is 0.480 e. The minimum Gasteiger partial charge on any atom is -0.480 e. The highest BCUT2D eigenvalue weighted by atomic mass is 32.2. The summed E-state index contributed by atoms with van der Waals surface area (Å²) in [4.78, 5) is 12.5. The van der Waals surface area contributed by atoms with Crippen molar-refractivity contribution >= 4 is 16.0 Å². The van der Waals surface area contributed by atoms with Gasteiger partial charge in [-0.2, -0.15) is 4.31 Å². The second-order valence-electron chi connectivity index (χ2n) is 10.6. The van der Waals surface area contributed by atoms with E-state index in [0.29, 0.717) is 17.5 Å². The Labute approximate surface area is 222 Å². The molecule has 0 radical (unpaired) electrons. The summed E-state index contributed by atoms with van der Waals surface area (Å²) in [6, 6.07) is 17.7. The van der Waals surface area contributed by atoms with Gasteiger partial charge in [0.1, 0.15) is 23.0 Å². The molecule has 0 amide bonds. The van der Waals surface area contributed by atoms with E-state index in [4.69, 9.17) is 9.47 Å². The van der Waals surface area contributed by atoms with Gasteiger partial charge >= 0.3 is 5.97 Å². The Morgan fingerprint density at radius 3 is 2.26 bits per heavy atom. The van der Waals surface area contributed by atoms with Crippen molar-refractivity contribution in [1.29, 1.82) is 0 Å². The normalized spacial score (nSPS) is 16.4. The fraction of sp³-hybridized carbons (Fsp3) is 0.345. The van der Waals surface area contributed by atoms with E-state index in [1.54, 1.807) is 52.0 Å². The molecule has 1 fully saturated rings. The Morgan fingerprint density at radius 1 is 0.974 bits per heavy atom. The number of halogens is 2. The maximum atomic E-state index is 13.8. The number of hydrogen-bond donors (Lipinski definition) is 0. The molecular formula is C29H31F2NO5S. The van der Waals surface area contributed by atoms with E-state index in [1.807, 2.05) is 0 Å². The first-order valence-corrected chi connectivity index (χ1v) is 13.7. The number of hydrogen-bond acceptors (Lipinski definition) is 5. The van der Waals surface area contributed by atoms with Gasteiger partial charge in [0.05, 0.1) is 23.9 Å². The van der Waals surface area contributed by atoms with Crippen LogP contribution in [-0.2, 0) is 31.6 Å². The van der Waals surface area contributed by atoms with Crippen LogP contribution in [-0.4, -0.2) is 37.4 Å². The van der Waals surface area contributed by atoms with Gasteiger partial charge in [-0.25, -0.2) is 17.2 Å². The fourth-order valence-electron chi connectivity index (χ4n) is 4.33. The topological polar surface area (TPSA) is 72.9 Å². The van der Waals surface area contributed by atoms with E-state index < -0.39 is 38.8 Å². The number of rotatable bonds is 8. The quantitative estimate of drug-likeness (QED) is 0.353. The zero-order valence-corrected chi connectivity index (χ0v) is 22.6. The number of benzene rings is 3. The van der Waals surface area contributed by atoms with Gasteiger partial charge in [-0.1, -0.05) is 37.3 Å². The molecule has 0 bridgehead atoms. The molecule has 38 heavy (non-hydrogen) atoms. The molecule has 3 aromatic carbocycles.